The lowest BCUT2D eigenvalue weighted by Gasteiger charge is -2.01. The van der Waals surface area contributed by atoms with Crippen molar-refractivity contribution in [2.24, 2.45) is 0 Å². The van der Waals surface area contributed by atoms with E-state index in [1.54, 1.807) is 29.3 Å². The van der Waals surface area contributed by atoms with Crippen LogP contribution in [0.1, 0.15) is 11.4 Å². The molecule has 0 aliphatic rings. The minimum Gasteiger partial charge on any atom is -0.394 e. The quantitative estimate of drug-likeness (QED) is 0.465. The first-order valence-corrected chi connectivity index (χ1v) is 6.90. The Morgan fingerprint density at radius 2 is 2.04 bits per heavy atom. The summed E-state index contributed by atoms with van der Waals surface area (Å²) in [5, 5.41) is 19.5. The molecule has 0 amide bonds. The summed E-state index contributed by atoms with van der Waals surface area (Å²) >= 11 is 0. The largest absolute Gasteiger partial charge is 0.394 e. The zero-order valence-corrected chi connectivity index (χ0v) is 12.7. The number of H-pyrrole nitrogens is 1. The van der Waals surface area contributed by atoms with Crippen molar-refractivity contribution in [3.05, 3.63) is 48.3 Å². The Kier molecular flexibility index (Phi) is 3.82. The molecule has 120 valence electrons. The van der Waals surface area contributed by atoms with Crippen LogP contribution >= 0.6 is 0 Å². The summed E-state index contributed by atoms with van der Waals surface area (Å²) in [6.45, 7) is 1.86. The fourth-order valence-electron chi connectivity index (χ4n) is 2.01. The van der Waals surface area contributed by atoms with Crippen molar-refractivity contribution in [3.8, 4) is 11.8 Å². The number of nitrogens with two attached hydrogens (primary N) is 2. The summed E-state index contributed by atoms with van der Waals surface area (Å²) in [7, 11) is 0. The molecule has 0 aliphatic heterocycles. The van der Waals surface area contributed by atoms with Gasteiger partial charge in [0.1, 0.15) is 23.3 Å². The number of hydrogen-bond donors (Lipinski definition) is 3. The topological polar surface area (TPSA) is 153 Å². The molecule has 0 spiro atoms. The number of rotatable bonds is 1. The molecule has 4 aromatic rings. The summed E-state index contributed by atoms with van der Waals surface area (Å²) in [5.74, 6) is 1.15. The van der Waals surface area contributed by atoms with Crippen molar-refractivity contribution in [1.29, 1.82) is 5.26 Å². The first-order valence-electron chi connectivity index (χ1n) is 6.90. The normalized spacial score (nSPS) is 10.2. The van der Waals surface area contributed by atoms with E-state index in [-0.39, 0.29) is 0 Å². The number of aromatic amines is 1. The van der Waals surface area contributed by atoms with Gasteiger partial charge in [-0.05, 0) is 19.1 Å². The maximum atomic E-state index is 8.68. The number of nitrogen functional groups attached to an aromatic ring is 2. The Bertz CT molecular complexity index is 1000. The van der Waals surface area contributed by atoms with Crippen LogP contribution in [0.15, 0.2) is 36.9 Å². The maximum Gasteiger partial charge on any atom is 0.198 e. The number of nitrogens with one attached hydrogen (secondary N) is 1. The third-order valence-corrected chi connectivity index (χ3v) is 3.13. The molecule has 24 heavy (non-hydrogen) atoms. The van der Waals surface area contributed by atoms with Crippen molar-refractivity contribution in [2.75, 3.05) is 11.5 Å². The van der Waals surface area contributed by atoms with Gasteiger partial charge in [-0.1, -0.05) is 0 Å². The van der Waals surface area contributed by atoms with Gasteiger partial charge in [0.05, 0.1) is 30.0 Å². The zero-order valence-electron chi connectivity index (χ0n) is 12.7. The van der Waals surface area contributed by atoms with Crippen molar-refractivity contribution in [2.45, 2.75) is 6.92 Å². The van der Waals surface area contributed by atoms with E-state index in [2.05, 4.69) is 25.3 Å². The average Bonchev–Trinajstić information content (AvgIpc) is 3.25. The highest BCUT2D eigenvalue weighted by Crippen LogP contribution is 2.14. The van der Waals surface area contributed by atoms with Gasteiger partial charge >= 0.3 is 0 Å². The molecule has 4 aromatic heterocycles. The molecule has 0 radical (unpaired) electrons. The molecule has 0 aliphatic carbocycles. The van der Waals surface area contributed by atoms with Crippen LogP contribution in [0.4, 0.5) is 11.5 Å². The molecule has 10 nitrogen and oxygen atoms in total. The highest BCUT2D eigenvalue weighted by molar-refractivity contribution is 5.62. The van der Waals surface area contributed by atoms with Gasteiger partial charge in [-0.3, -0.25) is 10.1 Å². The van der Waals surface area contributed by atoms with Crippen LogP contribution in [-0.4, -0.2) is 34.6 Å². The molecular weight excluding hydrogens is 308 g/mol. The van der Waals surface area contributed by atoms with Crippen molar-refractivity contribution in [1.82, 2.24) is 34.6 Å². The second-order valence-electron chi connectivity index (χ2n) is 4.82. The fourth-order valence-corrected chi connectivity index (χ4v) is 2.01. The molecule has 0 bridgehead atoms. The van der Waals surface area contributed by atoms with Crippen LogP contribution < -0.4 is 11.5 Å². The Morgan fingerprint density at radius 3 is 2.67 bits per heavy atom. The van der Waals surface area contributed by atoms with Gasteiger partial charge in [0.15, 0.2) is 5.65 Å². The third kappa shape index (κ3) is 2.73. The Hall–Kier alpha value is -3.87. The predicted octanol–water partition coefficient (Wildman–Crippen LogP) is 0.669. The molecule has 0 aromatic carbocycles. The predicted molar refractivity (Wildman–Crippen MR) is 87.0 cm³/mol. The maximum absolute atomic E-state index is 8.68. The van der Waals surface area contributed by atoms with Gasteiger partial charge in [-0.2, -0.15) is 20.1 Å². The van der Waals surface area contributed by atoms with Crippen LogP contribution in [0.25, 0.3) is 11.3 Å². The standard InChI is InChI=1S/C9H7N5.C5H7N5/c10-4-7-5-13-14(9(7)11)8-2-1-3-12-6-8;1-3-8-5-4(6)2-7-10(5)9-3/h1-3,5-6H,11H2;2H,6H2,1H3,(H,8,9). The molecule has 0 unspecified atom stereocenters. The fraction of sp³-hybridized carbons (Fsp3) is 0.0714. The molecule has 10 heteroatoms. The summed E-state index contributed by atoms with van der Waals surface area (Å²) in [4.78, 5) is 8.03. The molecule has 4 rings (SSSR count). The number of pyridine rings is 1. The van der Waals surface area contributed by atoms with Gasteiger partial charge in [0.2, 0.25) is 0 Å². The van der Waals surface area contributed by atoms with E-state index in [0.717, 1.165) is 11.5 Å². The van der Waals surface area contributed by atoms with E-state index in [4.69, 9.17) is 16.7 Å². The third-order valence-electron chi connectivity index (χ3n) is 3.13. The van der Waals surface area contributed by atoms with Crippen molar-refractivity contribution < 1.29 is 0 Å². The number of nitriles is 1. The lowest BCUT2D eigenvalue weighted by molar-refractivity contribution is 0.806. The Labute approximate surface area is 136 Å². The Balaban J connectivity index is 0.000000149. The number of aryl methyl sites for hydroxylation is 1. The number of fused-ring (bicyclic) bond motifs is 1. The molecule has 0 atom stereocenters. The van der Waals surface area contributed by atoms with Crippen LogP contribution in [0.2, 0.25) is 0 Å². The van der Waals surface area contributed by atoms with Crippen LogP contribution in [0, 0.1) is 18.3 Å². The number of aromatic nitrogens is 7. The Morgan fingerprint density at radius 1 is 1.21 bits per heavy atom. The van der Waals surface area contributed by atoms with Crippen molar-refractivity contribution >= 4 is 17.2 Å². The van der Waals surface area contributed by atoms with Crippen LogP contribution in [0.5, 0.6) is 0 Å². The highest BCUT2D eigenvalue weighted by Gasteiger charge is 2.07. The van der Waals surface area contributed by atoms with Gasteiger partial charge in [0, 0.05) is 6.20 Å². The van der Waals surface area contributed by atoms with Crippen LogP contribution in [0.3, 0.4) is 0 Å². The van der Waals surface area contributed by atoms with Gasteiger partial charge in [-0.15, -0.1) is 0 Å². The lowest BCUT2D eigenvalue weighted by Crippen LogP contribution is -2.02. The van der Waals surface area contributed by atoms with Gasteiger partial charge < -0.3 is 11.5 Å². The van der Waals surface area contributed by atoms with E-state index >= 15 is 0 Å². The minimum absolute atomic E-state index is 0.334. The smallest absolute Gasteiger partial charge is 0.198 e. The second-order valence-corrected chi connectivity index (χ2v) is 4.82. The summed E-state index contributed by atoms with van der Waals surface area (Å²) in [5.41, 5.74) is 13.6. The average molecular weight is 322 g/mol. The van der Waals surface area contributed by atoms with Gasteiger partial charge in [0.25, 0.3) is 0 Å². The van der Waals surface area contributed by atoms with E-state index in [1.165, 1.54) is 10.9 Å². The second kappa shape index (κ2) is 6.09. The lowest BCUT2D eigenvalue weighted by atomic mass is 10.3. The van der Waals surface area contributed by atoms with E-state index < -0.39 is 0 Å². The minimum atomic E-state index is 0.334. The molecule has 4 heterocycles. The summed E-state index contributed by atoms with van der Waals surface area (Å²) < 4.78 is 3.02. The SMILES string of the molecule is Cc1nc2c(N)cnn2[nH]1.N#Cc1cnn(-c2cccnc2)c1N. The monoisotopic (exact) mass is 322 g/mol. The van der Waals surface area contributed by atoms with E-state index in [0.29, 0.717) is 22.7 Å². The van der Waals surface area contributed by atoms with E-state index in [9.17, 15) is 0 Å². The number of nitrogens with zero attached hydrogens (tertiary/aromatic N) is 7. The molecule has 0 fully saturated rings. The first kappa shape index (κ1) is 15.0. The zero-order chi connectivity index (χ0) is 17.1. The first-order chi connectivity index (χ1) is 11.6. The molecular formula is C14H14N10. The molecule has 5 N–H and O–H groups in total. The number of anilines is 2. The summed E-state index contributed by atoms with van der Waals surface area (Å²) in [6.07, 6.45) is 6.29. The summed E-state index contributed by atoms with van der Waals surface area (Å²) in [6, 6.07) is 5.55. The van der Waals surface area contributed by atoms with E-state index in [1.807, 2.05) is 19.1 Å². The highest BCUT2D eigenvalue weighted by atomic mass is 15.5. The van der Waals surface area contributed by atoms with Crippen LogP contribution in [-0.2, 0) is 0 Å². The van der Waals surface area contributed by atoms with Crippen molar-refractivity contribution in [3.63, 3.8) is 0 Å². The molecule has 0 saturated heterocycles. The number of hydrogen-bond acceptors (Lipinski definition) is 7. The molecule has 0 saturated carbocycles. The van der Waals surface area contributed by atoms with Gasteiger partial charge in [-0.25, -0.2) is 9.67 Å².